The highest BCUT2D eigenvalue weighted by atomic mass is 16.5. The van der Waals surface area contributed by atoms with E-state index in [1.165, 1.54) is 0 Å². The molecule has 0 saturated carbocycles. The summed E-state index contributed by atoms with van der Waals surface area (Å²) < 4.78 is 10.6. The van der Waals surface area contributed by atoms with Crippen LogP contribution in [0.3, 0.4) is 0 Å². The van der Waals surface area contributed by atoms with Crippen molar-refractivity contribution in [2.75, 3.05) is 52.3 Å². The molecule has 0 spiro atoms. The maximum absolute atomic E-state index is 12.8. The van der Waals surface area contributed by atoms with Crippen LogP contribution in [0.4, 0.5) is 11.5 Å². The van der Waals surface area contributed by atoms with Gasteiger partial charge in [0.2, 0.25) is 0 Å². The average molecular weight is 370 g/mol. The Labute approximate surface area is 159 Å². The average Bonchev–Trinajstić information content (AvgIpc) is 2.73. The van der Waals surface area contributed by atoms with Crippen molar-refractivity contribution in [1.29, 1.82) is 0 Å². The van der Waals surface area contributed by atoms with Crippen molar-refractivity contribution in [3.63, 3.8) is 0 Å². The Bertz CT molecular complexity index is 789. The third-order valence-electron chi connectivity index (χ3n) is 4.79. The standard InChI is InChI=1S/C20H26N4O3/c1-4-23-9-11-24(12-10-23)20(25)15-7-8-21-19(13-15)22-17-6-5-16(26-2)14-18(17)27-3/h5-8,13-14H,4,9-12H2,1-3H3,(H,21,22). The van der Waals surface area contributed by atoms with Crippen molar-refractivity contribution in [2.45, 2.75) is 6.92 Å². The van der Waals surface area contributed by atoms with E-state index < -0.39 is 0 Å². The number of nitrogens with zero attached hydrogens (tertiary/aromatic N) is 3. The van der Waals surface area contributed by atoms with Crippen LogP contribution in [0.15, 0.2) is 36.5 Å². The number of amides is 1. The van der Waals surface area contributed by atoms with Gasteiger partial charge < -0.3 is 24.6 Å². The van der Waals surface area contributed by atoms with Crippen LogP contribution < -0.4 is 14.8 Å². The Morgan fingerprint density at radius 3 is 2.56 bits per heavy atom. The molecule has 1 aliphatic rings. The molecule has 1 amide bonds. The SMILES string of the molecule is CCN1CCN(C(=O)c2ccnc(Nc3ccc(OC)cc3OC)c2)CC1. The lowest BCUT2D eigenvalue weighted by Crippen LogP contribution is -2.48. The second kappa shape index (κ2) is 8.73. The van der Waals surface area contributed by atoms with Gasteiger partial charge in [0.15, 0.2) is 0 Å². The first kappa shape index (κ1) is 19.0. The summed E-state index contributed by atoms with van der Waals surface area (Å²) >= 11 is 0. The minimum absolute atomic E-state index is 0.0397. The molecule has 1 fully saturated rings. The summed E-state index contributed by atoms with van der Waals surface area (Å²) in [6.45, 7) is 6.51. The first-order chi connectivity index (χ1) is 13.1. The number of likely N-dealkylation sites (N-methyl/N-ethyl adjacent to an activating group) is 1. The van der Waals surface area contributed by atoms with Crippen molar-refractivity contribution in [2.24, 2.45) is 0 Å². The number of anilines is 2. The highest BCUT2D eigenvalue weighted by Gasteiger charge is 2.21. The van der Waals surface area contributed by atoms with Gasteiger partial charge >= 0.3 is 0 Å². The molecule has 1 saturated heterocycles. The number of carbonyl (C=O) groups excluding carboxylic acids is 1. The van der Waals surface area contributed by atoms with Crippen molar-refractivity contribution < 1.29 is 14.3 Å². The fourth-order valence-corrected chi connectivity index (χ4v) is 3.12. The topological polar surface area (TPSA) is 66.9 Å². The van der Waals surface area contributed by atoms with E-state index in [0.29, 0.717) is 22.9 Å². The lowest BCUT2D eigenvalue weighted by atomic mass is 10.2. The third-order valence-corrected chi connectivity index (χ3v) is 4.79. The summed E-state index contributed by atoms with van der Waals surface area (Å²) in [7, 11) is 3.21. The zero-order valence-electron chi connectivity index (χ0n) is 16.1. The van der Waals surface area contributed by atoms with Gasteiger partial charge in [-0.15, -0.1) is 0 Å². The van der Waals surface area contributed by atoms with E-state index in [2.05, 4.69) is 22.1 Å². The van der Waals surface area contributed by atoms with Crippen LogP contribution in [0.5, 0.6) is 11.5 Å². The predicted octanol–water partition coefficient (Wildman–Crippen LogP) is 2.62. The fraction of sp³-hybridized carbons (Fsp3) is 0.400. The molecule has 1 aromatic carbocycles. The van der Waals surface area contributed by atoms with Crippen LogP contribution in [0.25, 0.3) is 0 Å². The van der Waals surface area contributed by atoms with Gasteiger partial charge in [-0.2, -0.15) is 0 Å². The van der Waals surface area contributed by atoms with Crippen molar-refractivity contribution >= 4 is 17.4 Å². The van der Waals surface area contributed by atoms with Crippen molar-refractivity contribution in [3.05, 3.63) is 42.1 Å². The number of rotatable bonds is 6. The second-order valence-electron chi connectivity index (χ2n) is 6.35. The molecule has 2 aromatic rings. The van der Waals surface area contributed by atoms with Gasteiger partial charge in [0.25, 0.3) is 5.91 Å². The van der Waals surface area contributed by atoms with Crippen LogP contribution in [0.2, 0.25) is 0 Å². The van der Waals surface area contributed by atoms with Gasteiger partial charge in [-0.1, -0.05) is 6.92 Å². The Morgan fingerprint density at radius 2 is 1.89 bits per heavy atom. The summed E-state index contributed by atoms with van der Waals surface area (Å²) in [5.41, 5.74) is 1.39. The molecule has 3 rings (SSSR count). The Kier molecular flexibility index (Phi) is 6.13. The molecule has 0 unspecified atom stereocenters. The third kappa shape index (κ3) is 4.49. The monoisotopic (exact) mass is 370 g/mol. The summed E-state index contributed by atoms with van der Waals surface area (Å²) in [6.07, 6.45) is 1.65. The molecule has 0 aliphatic carbocycles. The van der Waals surface area contributed by atoms with Gasteiger partial charge in [0, 0.05) is 44.0 Å². The number of benzene rings is 1. The molecule has 7 nitrogen and oxygen atoms in total. The number of pyridine rings is 1. The summed E-state index contributed by atoms with van der Waals surface area (Å²) in [5.74, 6) is 1.98. The second-order valence-corrected chi connectivity index (χ2v) is 6.35. The van der Waals surface area contributed by atoms with Crippen LogP contribution in [-0.2, 0) is 0 Å². The first-order valence-corrected chi connectivity index (χ1v) is 9.11. The lowest BCUT2D eigenvalue weighted by molar-refractivity contribution is 0.0643. The zero-order chi connectivity index (χ0) is 19.2. The Hall–Kier alpha value is -2.80. The number of piperazine rings is 1. The maximum atomic E-state index is 12.8. The number of hydrogen-bond donors (Lipinski definition) is 1. The maximum Gasteiger partial charge on any atom is 0.254 e. The van der Waals surface area contributed by atoms with E-state index in [9.17, 15) is 4.79 Å². The Balaban J connectivity index is 1.73. The van der Waals surface area contributed by atoms with Crippen LogP contribution >= 0.6 is 0 Å². The summed E-state index contributed by atoms with van der Waals surface area (Å²) in [4.78, 5) is 21.4. The number of methoxy groups -OCH3 is 2. The Morgan fingerprint density at radius 1 is 1.11 bits per heavy atom. The van der Waals surface area contributed by atoms with E-state index in [1.54, 1.807) is 38.6 Å². The molecule has 1 aromatic heterocycles. The fourth-order valence-electron chi connectivity index (χ4n) is 3.12. The van der Waals surface area contributed by atoms with Crippen LogP contribution in [0, 0.1) is 0 Å². The number of hydrogen-bond acceptors (Lipinski definition) is 6. The highest BCUT2D eigenvalue weighted by Crippen LogP contribution is 2.31. The normalized spacial score (nSPS) is 14.7. The molecule has 1 aliphatic heterocycles. The van der Waals surface area contributed by atoms with E-state index >= 15 is 0 Å². The largest absolute Gasteiger partial charge is 0.497 e. The molecule has 144 valence electrons. The highest BCUT2D eigenvalue weighted by molar-refractivity contribution is 5.95. The van der Waals surface area contributed by atoms with E-state index in [0.717, 1.165) is 38.4 Å². The zero-order valence-corrected chi connectivity index (χ0v) is 16.1. The van der Waals surface area contributed by atoms with Gasteiger partial charge in [-0.25, -0.2) is 4.98 Å². The molecular formula is C20H26N4O3. The first-order valence-electron chi connectivity index (χ1n) is 9.11. The number of carbonyl (C=O) groups is 1. The van der Waals surface area contributed by atoms with Crippen molar-refractivity contribution in [1.82, 2.24) is 14.8 Å². The lowest BCUT2D eigenvalue weighted by Gasteiger charge is -2.34. The van der Waals surface area contributed by atoms with E-state index in [-0.39, 0.29) is 5.91 Å². The van der Waals surface area contributed by atoms with E-state index in [4.69, 9.17) is 9.47 Å². The molecule has 27 heavy (non-hydrogen) atoms. The quantitative estimate of drug-likeness (QED) is 0.843. The summed E-state index contributed by atoms with van der Waals surface area (Å²) in [5, 5.41) is 3.22. The molecule has 0 radical (unpaired) electrons. The predicted molar refractivity (Wildman–Crippen MR) is 105 cm³/mol. The minimum Gasteiger partial charge on any atom is -0.497 e. The number of nitrogens with one attached hydrogen (secondary N) is 1. The van der Waals surface area contributed by atoms with E-state index in [1.807, 2.05) is 17.0 Å². The number of ether oxygens (including phenoxy) is 2. The van der Waals surface area contributed by atoms with Crippen molar-refractivity contribution in [3.8, 4) is 11.5 Å². The minimum atomic E-state index is 0.0397. The smallest absolute Gasteiger partial charge is 0.254 e. The van der Waals surface area contributed by atoms with Gasteiger partial charge in [0.05, 0.1) is 19.9 Å². The van der Waals surface area contributed by atoms with Crippen LogP contribution in [0.1, 0.15) is 17.3 Å². The molecule has 7 heteroatoms. The summed E-state index contributed by atoms with van der Waals surface area (Å²) in [6, 6.07) is 9.03. The molecule has 2 heterocycles. The van der Waals surface area contributed by atoms with Gasteiger partial charge in [-0.3, -0.25) is 4.79 Å². The molecule has 0 bridgehead atoms. The molecule has 1 N–H and O–H groups in total. The molecular weight excluding hydrogens is 344 g/mol. The van der Waals surface area contributed by atoms with Gasteiger partial charge in [-0.05, 0) is 30.8 Å². The van der Waals surface area contributed by atoms with Crippen LogP contribution in [-0.4, -0.2) is 67.6 Å². The molecule has 0 atom stereocenters. The number of aromatic nitrogens is 1. The van der Waals surface area contributed by atoms with Gasteiger partial charge in [0.1, 0.15) is 17.3 Å².